The highest BCUT2D eigenvalue weighted by Crippen LogP contribution is 2.25. The maximum atomic E-state index is 13.9. The van der Waals surface area contributed by atoms with Crippen LogP contribution in [0.3, 0.4) is 0 Å². The van der Waals surface area contributed by atoms with Gasteiger partial charge in [0.15, 0.2) is 11.7 Å². The van der Waals surface area contributed by atoms with Crippen molar-refractivity contribution in [3.05, 3.63) is 83.1 Å². The number of amides is 5. The highest BCUT2D eigenvalue weighted by molar-refractivity contribution is 6.30. The van der Waals surface area contributed by atoms with E-state index in [2.05, 4.69) is 26.3 Å². The van der Waals surface area contributed by atoms with Gasteiger partial charge in [-0.3, -0.25) is 29.0 Å². The van der Waals surface area contributed by atoms with Gasteiger partial charge >= 0.3 is 0 Å². The first kappa shape index (κ1) is 42.0. The van der Waals surface area contributed by atoms with Gasteiger partial charge in [0.25, 0.3) is 5.91 Å². The van der Waals surface area contributed by atoms with Crippen molar-refractivity contribution in [1.82, 2.24) is 21.3 Å². The lowest BCUT2D eigenvalue weighted by Crippen LogP contribution is -2.59. The van der Waals surface area contributed by atoms with Gasteiger partial charge in [-0.25, -0.2) is 0 Å². The molecule has 1 aromatic heterocycles. The van der Waals surface area contributed by atoms with Crippen molar-refractivity contribution in [1.29, 1.82) is 0 Å². The van der Waals surface area contributed by atoms with E-state index in [0.717, 1.165) is 5.56 Å². The molecule has 286 valence electrons. The molecule has 14 nitrogen and oxygen atoms in total. The minimum atomic E-state index is -1.11. The Morgan fingerprint density at radius 3 is 2.09 bits per heavy atom. The van der Waals surface area contributed by atoms with Gasteiger partial charge in [0.2, 0.25) is 23.6 Å². The molecule has 1 heterocycles. The summed E-state index contributed by atoms with van der Waals surface area (Å²) in [7, 11) is 0. The standard InChI is InChI=1S/C38H51ClN8O6/c1-5-23(4)32(37(52)45-28(33(40)48)20-24-11-7-6-8-12-24)47-35(50)29(19-22(2)3)46-34(49)27(15-10-18-43-38(41)42)44-36(51)31-17-16-30(53-31)25-13-9-14-26(39)21-25/h6-9,11-14,16-17,21-23,27-29,32H,5,10,15,18-20H2,1-4H3,(H2,40,48)(H,44,51)(H,45,52)(H,46,49)(H,47,50)(H4,41,42,43)/t23-,27-,28-,29-,32-/m0/s1. The van der Waals surface area contributed by atoms with Gasteiger partial charge in [0, 0.05) is 23.6 Å². The van der Waals surface area contributed by atoms with Gasteiger partial charge in [-0.2, -0.15) is 0 Å². The van der Waals surface area contributed by atoms with Crippen LogP contribution < -0.4 is 38.5 Å². The van der Waals surface area contributed by atoms with Crippen molar-refractivity contribution in [2.24, 2.45) is 34.0 Å². The van der Waals surface area contributed by atoms with E-state index in [1.165, 1.54) is 6.07 Å². The molecule has 5 amide bonds. The predicted octanol–water partition coefficient (Wildman–Crippen LogP) is 3.03. The fourth-order valence-corrected chi connectivity index (χ4v) is 5.71. The van der Waals surface area contributed by atoms with Crippen LogP contribution in [0, 0.1) is 11.8 Å². The highest BCUT2D eigenvalue weighted by Gasteiger charge is 2.33. The monoisotopic (exact) mass is 750 g/mol. The van der Waals surface area contributed by atoms with Crippen molar-refractivity contribution in [3.8, 4) is 11.3 Å². The first-order chi connectivity index (χ1) is 25.2. The number of carbonyl (C=O) groups is 5. The number of hydrogen-bond acceptors (Lipinski definition) is 7. The van der Waals surface area contributed by atoms with Gasteiger partial charge in [0.1, 0.15) is 29.9 Å². The number of nitrogens with zero attached hydrogens (tertiary/aromatic N) is 1. The maximum Gasteiger partial charge on any atom is 0.287 e. The molecule has 2 aromatic carbocycles. The van der Waals surface area contributed by atoms with Crippen LogP contribution in [0.2, 0.25) is 5.02 Å². The number of nitrogens with one attached hydrogen (secondary N) is 4. The van der Waals surface area contributed by atoms with Crippen molar-refractivity contribution < 1.29 is 28.4 Å². The lowest BCUT2D eigenvalue weighted by Gasteiger charge is -2.29. The van der Waals surface area contributed by atoms with E-state index < -0.39 is 53.7 Å². The molecule has 0 radical (unpaired) electrons. The van der Waals surface area contributed by atoms with E-state index in [4.69, 9.17) is 33.2 Å². The summed E-state index contributed by atoms with van der Waals surface area (Å²) in [5, 5.41) is 11.5. The molecule has 0 aliphatic carbocycles. The van der Waals surface area contributed by atoms with Crippen molar-refractivity contribution in [2.75, 3.05) is 6.54 Å². The smallest absolute Gasteiger partial charge is 0.287 e. The highest BCUT2D eigenvalue weighted by atomic mass is 35.5. The van der Waals surface area contributed by atoms with Crippen molar-refractivity contribution >= 4 is 47.1 Å². The summed E-state index contributed by atoms with van der Waals surface area (Å²) in [6.45, 7) is 7.63. The number of primary amides is 1. The van der Waals surface area contributed by atoms with E-state index in [1.807, 2.05) is 51.1 Å². The number of aliphatic imine (C=N–C) groups is 1. The largest absolute Gasteiger partial charge is 0.451 e. The van der Waals surface area contributed by atoms with Gasteiger partial charge in [0.05, 0.1) is 0 Å². The molecule has 10 N–H and O–H groups in total. The molecule has 0 bridgehead atoms. The van der Waals surface area contributed by atoms with E-state index >= 15 is 0 Å². The number of furan rings is 1. The molecule has 5 atom stereocenters. The molecule has 15 heteroatoms. The lowest BCUT2D eigenvalue weighted by atomic mass is 9.95. The molecule has 0 unspecified atom stereocenters. The third-order valence-corrected chi connectivity index (χ3v) is 8.82. The van der Waals surface area contributed by atoms with Crippen LogP contribution in [0.1, 0.15) is 69.5 Å². The van der Waals surface area contributed by atoms with Crippen LogP contribution in [0.25, 0.3) is 11.3 Å². The minimum Gasteiger partial charge on any atom is -0.451 e. The average molecular weight is 751 g/mol. The third kappa shape index (κ3) is 13.6. The van der Waals surface area contributed by atoms with Crippen LogP contribution in [0.4, 0.5) is 0 Å². The Labute approximate surface area is 315 Å². The number of rotatable bonds is 20. The summed E-state index contributed by atoms with van der Waals surface area (Å²) in [6, 6.07) is 14.9. The summed E-state index contributed by atoms with van der Waals surface area (Å²) >= 11 is 6.11. The molecule has 0 spiro atoms. The fourth-order valence-electron chi connectivity index (χ4n) is 5.52. The Morgan fingerprint density at radius 2 is 1.47 bits per heavy atom. The normalized spacial score (nSPS) is 13.8. The summed E-state index contributed by atoms with van der Waals surface area (Å²) < 4.78 is 5.78. The number of nitrogens with two attached hydrogens (primary N) is 3. The first-order valence-electron chi connectivity index (χ1n) is 17.6. The van der Waals surface area contributed by atoms with Crippen LogP contribution in [-0.4, -0.2) is 66.2 Å². The quantitative estimate of drug-likeness (QED) is 0.0514. The SMILES string of the molecule is CC[C@H](C)[C@H](NC(=O)[C@H](CC(C)C)NC(=O)[C@H](CCCN=C(N)N)NC(=O)c1ccc(-c2cccc(Cl)c2)o1)C(=O)N[C@@H](Cc1ccccc1)C(N)=O. The summed E-state index contributed by atoms with van der Waals surface area (Å²) in [6.07, 6.45) is 1.37. The van der Waals surface area contributed by atoms with Crippen molar-refractivity contribution in [2.45, 2.75) is 84.0 Å². The third-order valence-electron chi connectivity index (χ3n) is 8.58. The number of guanidine groups is 1. The fraction of sp³-hybridized carbons (Fsp3) is 0.421. The second-order valence-corrected chi connectivity index (χ2v) is 13.8. The number of benzene rings is 2. The van der Waals surface area contributed by atoms with Crippen LogP contribution >= 0.6 is 11.6 Å². The van der Waals surface area contributed by atoms with Gasteiger partial charge < -0.3 is 42.9 Å². The molecule has 53 heavy (non-hydrogen) atoms. The molecular weight excluding hydrogens is 700 g/mol. The Kier molecular flexibility index (Phi) is 16.4. The van der Waals surface area contributed by atoms with Crippen molar-refractivity contribution in [3.63, 3.8) is 0 Å². The van der Waals surface area contributed by atoms with E-state index in [9.17, 15) is 24.0 Å². The molecular formula is C38H51ClN8O6. The van der Waals surface area contributed by atoms with E-state index in [-0.39, 0.29) is 49.4 Å². The molecule has 0 aliphatic rings. The number of hydrogen-bond donors (Lipinski definition) is 7. The zero-order chi connectivity index (χ0) is 39.1. The zero-order valence-corrected chi connectivity index (χ0v) is 31.3. The molecule has 3 aromatic rings. The second-order valence-electron chi connectivity index (χ2n) is 13.4. The summed E-state index contributed by atoms with van der Waals surface area (Å²) in [5.74, 6) is -3.33. The molecule has 0 saturated heterocycles. The average Bonchev–Trinajstić information content (AvgIpc) is 3.61. The Bertz CT molecular complexity index is 1730. The summed E-state index contributed by atoms with van der Waals surface area (Å²) in [4.78, 5) is 70.9. The summed E-state index contributed by atoms with van der Waals surface area (Å²) in [5.41, 5.74) is 18.0. The van der Waals surface area contributed by atoms with Crippen LogP contribution in [0.15, 0.2) is 76.1 Å². The van der Waals surface area contributed by atoms with Gasteiger partial charge in [-0.1, -0.05) is 88.2 Å². The molecule has 0 fully saturated rings. The molecule has 0 saturated carbocycles. The minimum absolute atomic E-state index is 0.0394. The van der Waals surface area contributed by atoms with E-state index in [0.29, 0.717) is 29.2 Å². The zero-order valence-electron chi connectivity index (χ0n) is 30.6. The Hall–Kier alpha value is -5.37. The Morgan fingerprint density at radius 1 is 0.792 bits per heavy atom. The molecule has 3 rings (SSSR count). The molecule has 0 aliphatic heterocycles. The Balaban J connectivity index is 1.79. The maximum absolute atomic E-state index is 13.9. The lowest BCUT2D eigenvalue weighted by molar-refractivity contribution is -0.134. The predicted molar refractivity (Wildman–Crippen MR) is 204 cm³/mol. The second kappa shape index (κ2) is 20.6. The number of halogens is 1. The van der Waals surface area contributed by atoms with Gasteiger partial charge in [-0.05, 0) is 60.9 Å². The number of carbonyl (C=O) groups excluding carboxylic acids is 5. The van der Waals surface area contributed by atoms with E-state index in [1.54, 1.807) is 37.3 Å². The van der Waals surface area contributed by atoms with Crippen LogP contribution in [-0.2, 0) is 25.6 Å². The first-order valence-corrected chi connectivity index (χ1v) is 18.0. The topological polar surface area (TPSA) is 237 Å². The van der Waals surface area contributed by atoms with Crippen LogP contribution in [0.5, 0.6) is 0 Å². The van der Waals surface area contributed by atoms with Gasteiger partial charge in [-0.15, -0.1) is 0 Å².